The summed E-state index contributed by atoms with van der Waals surface area (Å²) in [6.07, 6.45) is 1.55. The highest BCUT2D eigenvalue weighted by Crippen LogP contribution is 2.20. The molecule has 2 aromatic rings. The van der Waals surface area contributed by atoms with Gasteiger partial charge in [-0.2, -0.15) is 0 Å². The molecule has 2 aromatic carbocycles. The van der Waals surface area contributed by atoms with Gasteiger partial charge >= 0.3 is 0 Å². The van der Waals surface area contributed by atoms with E-state index in [9.17, 15) is 10.2 Å². The van der Waals surface area contributed by atoms with Crippen LogP contribution in [-0.2, 0) is 5.79 Å². The van der Waals surface area contributed by atoms with E-state index in [0.717, 1.165) is 0 Å². The van der Waals surface area contributed by atoms with Crippen molar-refractivity contribution in [2.24, 2.45) is 0 Å². The second kappa shape index (κ2) is 10.9. The zero-order valence-electron chi connectivity index (χ0n) is 13.0. The van der Waals surface area contributed by atoms with Crippen LogP contribution in [-0.4, -0.2) is 15.3 Å². The fourth-order valence-corrected chi connectivity index (χ4v) is 1.34. The van der Waals surface area contributed by atoms with Crippen LogP contribution in [0.1, 0.15) is 39.2 Å². The molecule has 0 spiro atoms. The van der Waals surface area contributed by atoms with Gasteiger partial charge in [-0.3, -0.25) is 0 Å². The fourth-order valence-electron chi connectivity index (χ4n) is 1.34. The highest BCUT2D eigenvalue weighted by Gasteiger charge is 2.21. The molecule has 0 bridgehead atoms. The number of rotatable bonds is 2. The Labute approximate surface area is 127 Å². The van der Waals surface area contributed by atoms with Crippen molar-refractivity contribution in [2.75, 3.05) is 0 Å². The Balaban J connectivity index is 0.000000342. The lowest BCUT2D eigenvalue weighted by Gasteiger charge is -2.19. The van der Waals surface area contributed by atoms with Crippen LogP contribution in [0.25, 0.3) is 0 Å². The van der Waals surface area contributed by atoms with Gasteiger partial charge in [-0.05, 0) is 12.1 Å². The van der Waals surface area contributed by atoms with E-state index in [2.05, 4.69) is 13.8 Å². The molecule has 21 heavy (non-hydrogen) atoms. The number of aromatic hydroxyl groups is 1. The molecule has 0 aliphatic carbocycles. The second-order valence-electron chi connectivity index (χ2n) is 4.58. The molecule has 0 aliphatic rings. The second-order valence-corrected chi connectivity index (χ2v) is 4.58. The van der Waals surface area contributed by atoms with E-state index in [-0.39, 0.29) is 0 Å². The highest BCUT2D eigenvalue weighted by atomic mass is 16.5. The highest BCUT2D eigenvalue weighted by molar-refractivity contribution is 5.19. The smallest absolute Gasteiger partial charge is 0.189 e. The van der Waals surface area contributed by atoms with E-state index in [1.165, 1.54) is 6.42 Å². The number of hydrogen-bond donors (Lipinski definition) is 3. The van der Waals surface area contributed by atoms with Crippen molar-refractivity contribution in [1.82, 2.24) is 0 Å². The summed E-state index contributed by atoms with van der Waals surface area (Å²) in [7, 11) is 0. The zero-order valence-corrected chi connectivity index (χ0v) is 13.0. The first kappa shape index (κ1) is 19.2. The molecule has 2 rings (SSSR count). The monoisotopic (exact) mass is 290 g/mol. The molecule has 0 aliphatic heterocycles. The van der Waals surface area contributed by atoms with Crippen molar-refractivity contribution in [3.05, 3.63) is 66.2 Å². The molecule has 0 unspecified atom stereocenters. The van der Waals surface area contributed by atoms with Crippen molar-refractivity contribution in [2.45, 2.75) is 39.4 Å². The van der Waals surface area contributed by atoms with Crippen LogP contribution in [0.4, 0.5) is 0 Å². The maximum Gasteiger partial charge on any atom is 0.189 e. The number of phenols is 1. The van der Waals surface area contributed by atoms with Crippen LogP contribution in [0.15, 0.2) is 60.7 Å². The molecule has 0 atom stereocenters. The lowest BCUT2D eigenvalue weighted by molar-refractivity contribution is -0.171. The van der Waals surface area contributed by atoms with Crippen molar-refractivity contribution >= 4 is 0 Å². The van der Waals surface area contributed by atoms with Crippen LogP contribution in [0.3, 0.4) is 0 Å². The first-order chi connectivity index (χ1) is 9.97. The van der Waals surface area contributed by atoms with E-state index in [0.29, 0.717) is 17.7 Å². The summed E-state index contributed by atoms with van der Waals surface area (Å²) >= 11 is 0. The molecule has 0 heterocycles. The predicted molar refractivity (Wildman–Crippen MR) is 86.9 cm³/mol. The van der Waals surface area contributed by atoms with E-state index in [4.69, 9.17) is 5.11 Å². The quantitative estimate of drug-likeness (QED) is 0.731. The third-order valence-corrected chi connectivity index (χ3v) is 2.49. The minimum atomic E-state index is -1.67. The maximum absolute atomic E-state index is 9.35. The third kappa shape index (κ3) is 8.84. The summed E-state index contributed by atoms with van der Waals surface area (Å²) in [5.74, 6) is -1.34. The average molecular weight is 290 g/mol. The normalized spacial score (nSPS) is 9.76. The van der Waals surface area contributed by atoms with Gasteiger partial charge in [-0.25, -0.2) is 0 Å². The molecule has 0 radical (unpaired) electrons. The molecule has 0 amide bonds. The van der Waals surface area contributed by atoms with Gasteiger partial charge in [0.15, 0.2) is 5.79 Å². The SMILES string of the molecule is CCC.CCC(O)(O)c1ccccc1.Oc1ccccc1. The first-order valence-corrected chi connectivity index (χ1v) is 7.22. The predicted octanol–water partition coefficient (Wildman–Crippen LogP) is 4.04. The summed E-state index contributed by atoms with van der Waals surface area (Å²) in [5, 5.41) is 27.3. The third-order valence-electron chi connectivity index (χ3n) is 2.49. The Morgan fingerprint density at radius 1 is 0.762 bits per heavy atom. The number of hydrogen-bond acceptors (Lipinski definition) is 3. The van der Waals surface area contributed by atoms with Gasteiger partial charge in [0.1, 0.15) is 5.75 Å². The zero-order chi connectivity index (χ0) is 16.1. The lowest BCUT2D eigenvalue weighted by atomic mass is 10.0. The molecule has 0 saturated carbocycles. The number of aliphatic hydroxyl groups is 2. The van der Waals surface area contributed by atoms with E-state index < -0.39 is 5.79 Å². The molecule has 0 fully saturated rings. The standard InChI is InChI=1S/C9H12O2.C6H6O.C3H8/c1-2-9(10,11)8-6-4-3-5-7-8;7-6-4-2-1-3-5-6;1-3-2/h3-7,10-11H,2H2,1H3;1-5,7H;3H2,1-2H3. The lowest BCUT2D eigenvalue weighted by Crippen LogP contribution is -2.23. The van der Waals surface area contributed by atoms with Gasteiger partial charge in [0, 0.05) is 12.0 Å². The van der Waals surface area contributed by atoms with Crippen molar-refractivity contribution in [3.8, 4) is 5.75 Å². The topological polar surface area (TPSA) is 60.7 Å². The van der Waals surface area contributed by atoms with E-state index >= 15 is 0 Å². The van der Waals surface area contributed by atoms with E-state index in [1.807, 2.05) is 12.1 Å². The Kier molecular flexibility index (Phi) is 9.94. The van der Waals surface area contributed by atoms with Gasteiger partial charge < -0.3 is 15.3 Å². The largest absolute Gasteiger partial charge is 0.508 e. The molecule has 116 valence electrons. The van der Waals surface area contributed by atoms with Gasteiger partial charge in [-0.1, -0.05) is 75.7 Å². The molecular weight excluding hydrogens is 264 g/mol. The molecule has 3 heteroatoms. The average Bonchev–Trinajstić information content (AvgIpc) is 2.50. The van der Waals surface area contributed by atoms with Crippen molar-refractivity contribution < 1.29 is 15.3 Å². The first-order valence-electron chi connectivity index (χ1n) is 7.22. The summed E-state index contributed by atoms with van der Waals surface area (Å²) in [6.45, 7) is 5.98. The molecular formula is C18H26O3. The minimum Gasteiger partial charge on any atom is -0.508 e. The van der Waals surface area contributed by atoms with Crippen molar-refractivity contribution in [3.63, 3.8) is 0 Å². The summed E-state index contributed by atoms with van der Waals surface area (Å²) in [4.78, 5) is 0. The van der Waals surface area contributed by atoms with Crippen LogP contribution in [0.2, 0.25) is 0 Å². The minimum absolute atomic E-state index is 0.303. The van der Waals surface area contributed by atoms with Crippen LogP contribution in [0.5, 0.6) is 5.75 Å². The Hall–Kier alpha value is -1.84. The van der Waals surface area contributed by atoms with Gasteiger partial charge in [-0.15, -0.1) is 0 Å². The van der Waals surface area contributed by atoms with Crippen molar-refractivity contribution in [1.29, 1.82) is 0 Å². The number of benzene rings is 2. The van der Waals surface area contributed by atoms with Gasteiger partial charge in [0.2, 0.25) is 0 Å². The van der Waals surface area contributed by atoms with Gasteiger partial charge in [0.05, 0.1) is 0 Å². The Morgan fingerprint density at radius 3 is 1.43 bits per heavy atom. The van der Waals surface area contributed by atoms with E-state index in [1.54, 1.807) is 55.5 Å². The Morgan fingerprint density at radius 2 is 1.14 bits per heavy atom. The number of phenolic OH excluding ortho intramolecular Hbond substituents is 1. The molecule has 3 nitrogen and oxygen atoms in total. The van der Waals surface area contributed by atoms with Crippen LogP contribution >= 0.6 is 0 Å². The molecule has 3 N–H and O–H groups in total. The van der Waals surface area contributed by atoms with Crippen LogP contribution in [0, 0.1) is 0 Å². The fraction of sp³-hybridized carbons (Fsp3) is 0.333. The Bertz CT molecular complexity index is 452. The maximum atomic E-state index is 9.35. The molecule has 0 aromatic heterocycles. The summed E-state index contributed by atoms with van der Waals surface area (Å²) in [6, 6.07) is 17.5. The molecule has 0 saturated heterocycles. The van der Waals surface area contributed by atoms with Crippen LogP contribution < -0.4 is 0 Å². The van der Waals surface area contributed by atoms with Gasteiger partial charge in [0.25, 0.3) is 0 Å². The summed E-state index contributed by atoms with van der Waals surface area (Å²) < 4.78 is 0. The summed E-state index contributed by atoms with van der Waals surface area (Å²) in [5.41, 5.74) is 0.544. The number of para-hydroxylation sites is 1.